The van der Waals surface area contributed by atoms with Gasteiger partial charge in [0, 0.05) is 5.38 Å². The lowest BCUT2D eigenvalue weighted by molar-refractivity contribution is 0.0691. The van der Waals surface area contributed by atoms with E-state index in [9.17, 15) is 4.79 Å². The van der Waals surface area contributed by atoms with Gasteiger partial charge in [-0.15, -0.1) is 17.8 Å². The Kier molecular flexibility index (Phi) is 3.69. The van der Waals surface area contributed by atoms with Crippen molar-refractivity contribution in [1.29, 1.82) is 0 Å². The van der Waals surface area contributed by atoms with Crippen LogP contribution >= 0.6 is 11.3 Å². The molecule has 1 rings (SSSR count). The number of carbonyl (C=O) groups is 1. The number of nitrogens with one attached hydrogen (secondary N) is 1. The number of carboxylic acid groups (broad SMARTS) is 1. The van der Waals surface area contributed by atoms with Crippen LogP contribution < -0.4 is 5.32 Å². The van der Waals surface area contributed by atoms with E-state index in [0.717, 1.165) is 0 Å². The van der Waals surface area contributed by atoms with Gasteiger partial charge >= 0.3 is 5.97 Å². The molecule has 1 unspecified atom stereocenters. The van der Waals surface area contributed by atoms with Crippen LogP contribution in [0.25, 0.3) is 0 Å². The predicted octanol–water partition coefficient (Wildman–Crippen LogP) is 1.91. The number of nitrogens with zero attached hydrogens (tertiary/aromatic N) is 1. The smallest absolute Gasteiger partial charge is 0.355 e. The summed E-state index contributed by atoms with van der Waals surface area (Å²) in [6.07, 6.45) is 5.34. The molecule has 4 nitrogen and oxygen atoms in total. The van der Waals surface area contributed by atoms with Gasteiger partial charge in [0.2, 0.25) is 0 Å². The first-order valence-electron chi connectivity index (χ1n) is 4.46. The first-order valence-corrected chi connectivity index (χ1v) is 5.34. The van der Waals surface area contributed by atoms with Crippen molar-refractivity contribution in [3.63, 3.8) is 0 Å². The summed E-state index contributed by atoms with van der Waals surface area (Å²) in [5.41, 5.74) is 0.0435. The van der Waals surface area contributed by atoms with Crippen molar-refractivity contribution in [3.8, 4) is 12.3 Å². The molecule has 0 bridgehead atoms. The quantitative estimate of drug-likeness (QED) is 0.767. The van der Waals surface area contributed by atoms with E-state index in [1.807, 2.05) is 13.8 Å². The van der Waals surface area contributed by atoms with Gasteiger partial charge in [0.05, 0.1) is 6.04 Å². The van der Waals surface area contributed by atoms with E-state index in [0.29, 0.717) is 5.13 Å². The highest BCUT2D eigenvalue weighted by molar-refractivity contribution is 7.13. The van der Waals surface area contributed by atoms with Crippen LogP contribution in [-0.4, -0.2) is 22.1 Å². The van der Waals surface area contributed by atoms with Gasteiger partial charge in [-0.25, -0.2) is 9.78 Å². The maximum atomic E-state index is 10.6. The number of aromatic nitrogens is 1. The van der Waals surface area contributed by atoms with E-state index in [1.54, 1.807) is 0 Å². The number of carboxylic acids is 1. The van der Waals surface area contributed by atoms with Gasteiger partial charge in [-0.1, -0.05) is 19.8 Å². The molecule has 0 radical (unpaired) electrons. The predicted molar refractivity (Wildman–Crippen MR) is 60.2 cm³/mol. The SMILES string of the molecule is C#CC(Nc1nc(C(=O)O)cs1)C(C)C. The summed E-state index contributed by atoms with van der Waals surface area (Å²) in [7, 11) is 0. The zero-order chi connectivity index (χ0) is 11.4. The van der Waals surface area contributed by atoms with E-state index < -0.39 is 5.97 Å². The van der Waals surface area contributed by atoms with Gasteiger partial charge in [-0.2, -0.15) is 0 Å². The highest BCUT2D eigenvalue weighted by Crippen LogP contribution is 2.18. The monoisotopic (exact) mass is 224 g/mol. The Labute approximate surface area is 92.4 Å². The molecule has 1 aromatic rings. The van der Waals surface area contributed by atoms with Crippen molar-refractivity contribution in [2.24, 2.45) is 5.92 Å². The zero-order valence-corrected chi connectivity index (χ0v) is 9.34. The Morgan fingerprint density at radius 1 is 1.73 bits per heavy atom. The number of hydrogen-bond donors (Lipinski definition) is 2. The Balaban J connectivity index is 2.73. The number of aromatic carboxylic acids is 1. The maximum Gasteiger partial charge on any atom is 0.355 e. The van der Waals surface area contributed by atoms with Gasteiger partial charge in [0.1, 0.15) is 0 Å². The molecule has 0 aliphatic carbocycles. The van der Waals surface area contributed by atoms with Crippen LogP contribution in [0.2, 0.25) is 0 Å². The molecule has 0 saturated carbocycles. The van der Waals surface area contributed by atoms with Crippen LogP contribution in [0.3, 0.4) is 0 Å². The second-order valence-electron chi connectivity index (χ2n) is 3.38. The van der Waals surface area contributed by atoms with E-state index in [-0.39, 0.29) is 17.7 Å². The Morgan fingerprint density at radius 3 is 2.80 bits per heavy atom. The van der Waals surface area contributed by atoms with Crippen molar-refractivity contribution in [2.75, 3.05) is 5.32 Å². The zero-order valence-electron chi connectivity index (χ0n) is 8.52. The number of hydrogen-bond acceptors (Lipinski definition) is 4. The molecule has 80 valence electrons. The van der Waals surface area contributed by atoms with E-state index in [2.05, 4.69) is 16.2 Å². The first kappa shape index (κ1) is 11.5. The normalized spacial score (nSPS) is 12.1. The third kappa shape index (κ3) is 2.96. The molecule has 1 atom stereocenters. The fourth-order valence-electron chi connectivity index (χ4n) is 0.972. The molecule has 0 aliphatic heterocycles. The average molecular weight is 224 g/mol. The van der Waals surface area contributed by atoms with Gasteiger partial charge in [0.15, 0.2) is 10.8 Å². The third-order valence-electron chi connectivity index (χ3n) is 1.85. The van der Waals surface area contributed by atoms with Crippen molar-refractivity contribution >= 4 is 22.4 Å². The Hall–Kier alpha value is -1.54. The second-order valence-corrected chi connectivity index (χ2v) is 4.23. The summed E-state index contributed by atoms with van der Waals surface area (Å²) in [6, 6.07) is -0.127. The minimum atomic E-state index is -1.03. The number of thiazole rings is 1. The van der Waals surface area contributed by atoms with Gasteiger partial charge < -0.3 is 10.4 Å². The lowest BCUT2D eigenvalue weighted by Gasteiger charge is -2.15. The topological polar surface area (TPSA) is 62.2 Å². The van der Waals surface area contributed by atoms with Gasteiger partial charge in [-0.3, -0.25) is 0 Å². The first-order chi connectivity index (χ1) is 7.04. The van der Waals surface area contributed by atoms with Crippen LogP contribution in [-0.2, 0) is 0 Å². The molecule has 0 saturated heterocycles. The standard InChI is InChI=1S/C10H12N2O2S/c1-4-7(6(2)3)11-10-12-8(5-15-10)9(13)14/h1,5-7H,2-3H3,(H,11,12)(H,13,14). The van der Waals surface area contributed by atoms with Crippen LogP contribution in [0, 0.1) is 18.3 Å². The molecule has 0 fully saturated rings. The van der Waals surface area contributed by atoms with Crippen LogP contribution in [0.5, 0.6) is 0 Å². The highest BCUT2D eigenvalue weighted by Gasteiger charge is 2.13. The van der Waals surface area contributed by atoms with Crippen molar-refractivity contribution in [2.45, 2.75) is 19.9 Å². The van der Waals surface area contributed by atoms with Gasteiger partial charge in [-0.05, 0) is 5.92 Å². The molecule has 0 aliphatic rings. The second kappa shape index (κ2) is 4.80. The number of rotatable bonds is 4. The summed E-state index contributed by atoms with van der Waals surface area (Å²) < 4.78 is 0. The minimum Gasteiger partial charge on any atom is -0.476 e. The number of anilines is 1. The molecule has 1 heterocycles. The van der Waals surface area contributed by atoms with E-state index in [1.165, 1.54) is 16.7 Å². The van der Waals surface area contributed by atoms with Crippen LogP contribution in [0.1, 0.15) is 24.3 Å². The third-order valence-corrected chi connectivity index (χ3v) is 2.62. The van der Waals surface area contributed by atoms with E-state index in [4.69, 9.17) is 11.5 Å². The van der Waals surface area contributed by atoms with Crippen molar-refractivity contribution in [3.05, 3.63) is 11.1 Å². The molecule has 1 aromatic heterocycles. The molecule has 5 heteroatoms. The fraction of sp³-hybridized carbons (Fsp3) is 0.400. The largest absolute Gasteiger partial charge is 0.476 e. The maximum absolute atomic E-state index is 10.6. The fourth-order valence-corrected chi connectivity index (χ4v) is 1.69. The average Bonchev–Trinajstić information content (AvgIpc) is 2.61. The van der Waals surface area contributed by atoms with Gasteiger partial charge in [0.25, 0.3) is 0 Å². The van der Waals surface area contributed by atoms with Crippen LogP contribution in [0.4, 0.5) is 5.13 Å². The summed E-state index contributed by atoms with van der Waals surface area (Å²) in [6.45, 7) is 3.98. The molecule has 0 amide bonds. The molecule has 0 spiro atoms. The van der Waals surface area contributed by atoms with Crippen molar-refractivity contribution in [1.82, 2.24) is 4.98 Å². The lowest BCUT2D eigenvalue weighted by Crippen LogP contribution is -2.23. The van der Waals surface area contributed by atoms with Crippen molar-refractivity contribution < 1.29 is 9.90 Å². The molecular formula is C10H12N2O2S. The van der Waals surface area contributed by atoms with Crippen LogP contribution in [0.15, 0.2) is 5.38 Å². The van der Waals surface area contributed by atoms with E-state index >= 15 is 0 Å². The Morgan fingerprint density at radius 2 is 2.40 bits per heavy atom. The Bertz CT molecular complexity index is 392. The minimum absolute atomic E-state index is 0.0435. The summed E-state index contributed by atoms with van der Waals surface area (Å²) in [5, 5.41) is 13.7. The molecular weight excluding hydrogens is 212 g/mol. The number of terminal acetylenes is 1. The summed E-state index contributed by atoms with van der Waals surface area (Å²) >= 11 is 1.24. The summed E-state index contributed by atoms with van der Waals surface area (Å²) in [5.74, 6) is 1.84. The summed E-state index contributed by atoms with van der Waals surface area (Å²) in [4.78, 5) is 14.5. The highest BCUT2D eigenvalue weighted by atomic mass is 32.1. The molecule has 0 aromatic carbocycles. The molecule has 15 heavy (non-hydrogen) atoms. The lowest BCUT2D eigenvalue weighted by atomic mass is 10.1. The molecule has 2 N–H and O–H groups in total.